The molecule has 25 heavy (non-hydrogen) atoms. The van der Waals surface area contributed by atoms with Crippen LogP contribution in [0.2, 0.25) is 0 Å². The summed E-state index contributed by atoms with van der Waals surface area (Å²) in [7, 11) is 0. The first-order chi connectivity index (χ1) is 12.2. The van der Waals surface area contributed by atoms with E-state index < -0.39 is 0 Å². The highest BCUT2D eigenvalue weighted by Crippen LogP contribution is 2.18. The van der Waals surface area contributed by atoms with Crippen LogP contribution in [-0.2, 0) is 23.5 Å². The number of amides is 1. The van der Waals surface area contributed by atoms with Crippen molar-refractivity contribution in [3.05, 3.63) is 72.1 Å². The maximum atomic E-state index is 12.1. The van der Waals surface area contributed by atoms with Gasteiger partial charge in [-0.25, -0.2) is 9.67 Å². The van der Waals surface area contributed by atoms with E-state index in [9.17, 15) is 4.79 Å². The molecule has 0 atom stereocenters. The molecule has 0 spiro atoms. The quantitative estimate of drug-likeness (QED) is 0.658. The van der Waals surface area contributed by atoms with Crippen LogP contribution in [0.4, 0.5) is 5.69 Å². The summed E-state index contributed by atoms with van der Waals surface area (Å²) in [4.78, 5) is 16.4. The monoisotopic (exact) mass is 352 g/mol. The van der Waals surface area contributed by atoms with E-state index in [1.54, 1.807) is 22.8 Å². The van der Waals surface area contributed by atoms with Crippen molar-refractivity contribution < 1.29 is 4.79 Å². The molecule has 1 amide bonds. The first-order valence-corrected chi connectivity index (χ1v) is 9.16. The molecule has 1 heterocycles. The molecule has 5 nitrogen and oxygen atoms in total. The number of benzene rings is 2. The minimum atomic E-state index is -0.117. The summed E-state index contributed by atoms with van der Waals surface area (Å²) in [6.07, 6.45) is 2.57. The average molecular weight is 352 g/mol. The van der Waals surface area contributed by atoms with E-state index in [1.165, 1.54) is 11.1 Å². The summed E-state index contributed by atoms with van der Waals surface area (Å²) in [6.45, 7) is 2.25. The van der Waals surface area contributed by atoms with Gasteiger partial charge >= 0.3 is 0 Å². The Labute approximate surface area is 151 Å². The maximum absolute atomic E-state index is 12.1. The van der Waals surface area contributed by atoms with Crippen LogP contribution in [0, 0.1) is 0 Å². The molecule has 0 saturated heterocycles. The normalized spacial score (nSPS) is 10.6. The zero-order valence-electron chi connectivity index (χ0n) is 14.1. The second kappa shape index (κ2) is 8.48. The van der Waals surface area contributed by atoms with Crippen LogP contribution in [0.5, 0.6) is 0 Å². The number of thioether (sulfide) groups is 1. The van der Waals surface area contributed by atoms with Gasteiger partial charge in [0.1, 0.15) is 12.9 Å². The molecular formula is C19H20N4OS. The van der Waals surface area contributed by atoms with Gasteiger partial charge in [-0.3, -0.25) is 4.79 Å². The number of rotatable bonds is 7. The molecule has 0 bridgehead atoms. The smallest absolute Gasteiger partial charge is 0.246 e. The number of anilines is 1. The van der Waals surface area contributed by atoms with E-state index in [1.807, 2.05) is 42.5 Å². The molecule has 0 aliphatic carbocycles. The van der Waals surface area contributed by atoms with Gasteiger partial charge in [-0.05, 0) is 29.7 Å². The number of carbonyl (C=O) groups is 1. The highest BCUT2D eigenvalue weighted by molar-refractivity contribution is 7.98. The van der Waals surface area contributed by atoms with Crippen molar-refractivity contribution in [1.29, 1.82) is 0 Å². The van der Waals surface area contributed by atoms with Crippen molar-refractivity contribution in [2.24, 2.45) is 0 Å². The zero-order chi connectivity index (χ0) is 17.5. The van der Waals surface area contributed by atoms with Crippen molar-refractivity contribution in [1.82, 2.24) is 14.8 Å². The van der Waals surface area contributed by atoms with Gasteiger partial charge in [0.05, 0.1) is 0 Å². The Kier molecular flexibility index (Phi) is 5.85. The van der Waals surface area contributed by atoms with Gasteiger partial charge in [0.15, 0.2) is 0 Å². The minimum absolute atomic E-state index is 0.117. The molecular weight excluding hydrogens is 332 g/mol. The molecule has 0 radical (unpaired) electrons. The molecule has 0 unspecified atom stereocenters. The van der Waals surface area contributed by atoms with E-state index in [0.717, 1.165) is 17.9 Å². The number of hydrogen-bond donors (Lipinski definition) is 1. The maximum Gasteiger partial charge on any atom is 0.246 e. The molecule has 0 saturated carbocycles. The summed E-state index contributed by atoms with van der Waals surface area (Å²) in [5, 5.41) is 7.89. The fraction of sp³-hybridized carbons (Fsp3) is 0.211. The van der Waals surface area contributed by atoms with Gasteiger partial charge in [-0.15, -0.1) is 5.10 Å². The Morgan fingerprint density at radius 1 is 1.08 bits per heavy atom. The number of aryl methyl sites for hydroxylation is 1. The van der Waals surface area contributed by atoms with Crippen LogP contribution in [-0.4, -0.2) is 20.7 Å². The fourth-order valence-corrected chi connectivity index (χ4v) is 3.09. The molecule has 0 fully saturated rings. The molecule has 0 aliphatic rings. The SMILES string of the molecule is CCc1ccc(NC(=O)Cn2cnc(SCc3ccccc3)n2)cc1. The predicted molar refractivity (Wildman–Crippen MR) is 100 cm³/mol. The highest BCUT2D eigenvalue weighted by Gasteiger charge is 2.07. The van der Waals surface area contributed by atoms with Crippen LogP contribution in [0.1, 0.15) is 18.1 Å². The Morgan fingerprint density at radius 2 is 1.84 bits per heavy atom. The summed E-state index contributed by atoms with van der Waals surface area (Å²) < 4.78 is 1.56. The molecule has 128 valence electrons. The van der Waals surface area contributed by atoms with Gasteiger partial charge < -0.3 is 5.32 Å². The van der Waals surface area contributed by atoms with Crippen molar-refractivity contribution in [2.45, 2.75) is 30.8 Å². The molecule has 2 aromatic carbocycles. The minimum Gasteiger partial charge on any atom is -0.324 e. The van der Waals surface area contributed by atoms with E-state index in [-0.39, 0.29) is 12.5 Å². The predicted octanol–water partition coefficient (Wildman–Crippen LogP) is 3.77. The summed E-state index contributed by atoms with van der Waals surface area (Å²) in [5.41, 5.74) is 3.26. The number of aromatic nitrogens is 3. The van der Waals surface area contributed by atoms with Crippen LogP contribution in [0.3, 0.4) is 0 Å². The third-order valence-corrected chi connectivity index (χ3v) is 4.60. The molecule has 3 aromatic rings. The number of hydrogen-bond acceptors (Lipinski definition) is 4. The first kappa shape index (κ1) is 17.2. The van der Waals surface area contributed by atoms with Crippen LogP contribution < -0.4 is 5.32 Å². The fourth-order valence-electron chi connectivity index (χ4n) is 2.31. The lowest BCUT2D eigenvalue weighted by molar-refractivity contribution is -0.116. The summed E-state index contributed by atoms with van der Waals surface area (Å²) >= 11 is 1.55. The lowest BCUT2D eigenvalue weighted by Gasteiger charge is -2.05. The van der Waals surface area contributed by atoms with Crippen molar-refractivity contribution in [2.75, 3.05) is 5.32 Å². The molecule has 0 aliphatic heterocycles. The van der Waals surface area contributed by atoms with Gasteiger partial charge in [0.25, 0.3) is 0 Å². The van der Waals surface area contributed by atoms with Gasteiger partial charge in [-0.2, -0.15) is 0 Å². The Morgan fingerprint density at radius 3 is 2.56 bits per heavy atom. The number of nitrogens with one attached hydrogen (secondary N) is 1. The second-order valence-corrected chi connectivity index (χ2v) is 6.54. The molecule has 3 rings (SSSR count). The number of nitrogens with zero attached hydrogens (tertiary/aromatic N) is 3. The third kappa shape index (κ3) is 5.19. The van der Waals surface area contributed by atoms with Crippen LogP contribution >= 0.6 is 11.8 Å². The molecule has 1 N–H and O–H groups in total. The standard InChI is InChI=1S/C19H20N4OS/c1-2-15-8-10-17(11-9-15)21-18(24)12-23-14-20-19(22-23)25-13-16-6-4-3-5-7-16/h3-11,14H,2,12-13H2,1H3,(H,21,24). The van der Waals surface area contributed by atoms with Crippen LogP contribution in [0.15, 0.2) is 66.1 Å². The Balaban J connectivity index is 1.50. The first-order valence-electron chi connectivity index (χ1n) is 8.18. The highest BCUT2D eigenvalue weighted by atomic mass is 32.2. The third-order valence-electron chi connectivity index (χ3n) is 3.68. The second-order valence-electron chi connectivity index (χ2n) is 5.60. The Bertz CT molecular complexity index is 815. The van der Waals surface area contributed by atoms with E-state index in [4.69, 9.17) is 0 Å². The van der Waals surface area contributed by atoms with E-state index in [0.29, 0.717) is 5.16 Å². The van der Waals surface area contributed by atoms with E-state index >= 15 is 0 Å². The van der Waals surface area contributed by atoms with Crippen molar-refractivity contribution in [3.8, 4) is 0 Å². The Hall–Kier alpha value is -2.60. The van der Waals surface area contributed by atoms with Gasteiger partial charge in [0, 0.05) is 11.4 Å². The number of carbonyl (C=O) groups excluding carboxylic acids is 1. The average Bonchev–Trinajstić information content (AvgIpc) is 3.08. The lowest BCUT2D eigenvalue weighted by atomic mass is 10.1. The van der Waals surface area contributed by atoms with Gasteiger partial charge in [-0.1, -0.05) is 61.2 Å². The van der Waals surface area contributed by atoms with Crippen LogP contribution in [0.25, 0.3) is 0 Å². The zero-order valence-corrected chi connectivity index (χ0v) is 14.9. The molecule has 1 aromatic heterocycles. The largest absolute Gasteiger partial charge is 0.324 e. The topological polar surface area (TPSA) is 59.8 Å². The van der Waals surface area contributed by atoms with Gasteiger partial charge in [0.2, 0.25) is 11.1 Å². The summed E-state index contributed by atoms with van der Waals surface area (Å²) in [5.74, 6) is 0.689. The van der Waals surface area contributed by atoms with Crippen molar-refractivity contribution in [3.63, 3.8) is 0 Å². The van der Waals surface area contributed by atoms with Crippen molar-refractivity contribution >= 4 is 23.4 Å². The lowest BCUT2D eigenvalue weighted by Crippen LogP contribution is -2.19. The molecule has 6 heteroatoms. The summed E-state index contributed by atoms with van der Waals surface area (Å²) in [6, 6.07) is 18.0. The van der Waals surface area contributed by atoms with E-state index in [2.05, 4.69) is 34.5 Å².